The Balaban J connectivity index is 0.00000156. The van der Waals surface area contributed by atoms with Gasteiger partial charge >= 0.3 is 0 Å². The highest BCUT2D eigenvalue weighted by Crippen LogP contribution is 2.34. The van der Waals surface area contributed by atoms with Crippen molar-refractivity contribution in [1.82, 2.24) is 10.2 Å². The monoisotopic (exact) mass is 398 g/mol. The molecule has 0 aromatic heterocycles. The summed E-state index contributed by atoms with van der Waals surface area (Å²) < 4.78 is 1.18. The smallest absolute Gasteiger partial charge is 0.240 e. The third kappa shape index (κ3) is 3.31. The summed E-state index contributed by atoms with van der Waals surface area (Å²) >= 11 is 3.63. The lowest BCUT2D eigenvalue weighted by Crippen LogP contribution is -2.47. The zero-order valence-corrected chi connectivity index (χ0v) is 15.7. The average Bonchev–Trinajstić information content (AvgIpc) is 2.98. The van der Waals surface area contributed by atoms with Crippen molar-refractivity contribution >= 4 is 34.2 Å². The number of nitrogens with zero attached hydrogens (tertiary/aromatic N) is 1. The van der Waals surface area contributed by atoms with E-state index in [-0.39, 0.29) is 18.4 Å². The van der Waals surface area contributed by atoms with E-state index >= 15 is 0 Å². The van der Waals surface area contributed by atoms with Crippen LogP contribution in [0.4, 0.5) is 0 Å². The highest BCUT2D eigenvalue weighted by molar-refractivity contribution is 9.10. The van der Waals surface area contributed by atoms with Gasteiger partial charge in [-0.2, -0.15) is 0 Å². The molecule has 1 N–H and O–H groups in total. The molecule has 0 spiro atoms. The molecular formula is C18H24BrClN2O. The minimum atomic E-state index is 0. The number of amides is 1. The maximum absolute atomic E-state index is 12.9. The van der Waals surface area contributed by atoms with E-state index in [0.29, 0.717) is 11.9 Å². The van der Waals surface area contributed by atoms with Gasteiger partial charge in [0.15, 0.2) is 0 Å². The Labute approximate surface area is 152 Å². The van der Waals surface area contributed by atoms with Crippen LogP contribution in [-0.4, -0.2) is 29.4 Å². The predicted molar refractivity (Wildman–Crippen MR) is 97.8 cm³/mol. The van der Waals surface area contributed by atoms with Crippen LogP contribution >= 0.6 is 28.3 Å². The Morgan fingerprint density at radius 3 is 2.91 bits per heavy atom. The number of fused-ring (bicyclic) bond motifs is 2. The number of nitrogens with one attached hydrogen (secondary N) is 1. The minimum absolute atomic E-state index is 0. The molecule has 23 heavy (non-hydrogen) atoms. The number of hydrogen-bond donors (Lipinski definition) is 1. The van der Waals surface area contributed by atoms with E-state index in [0.717, 1.165) is 31.8 Å². The fourth-order valence-corrected chi connectivity index (χ4v) is 5.09. The number of benzene rings is 1. The average molecular weight is 400 g/mol. The van der Waals surface area contributed by atoms with Crippen molar-refractivity contribution in [3.05, 3.63) is 33.8 Å². The van der Waals surface area contributed by atoms with Crippen molar-refractivity contribution in [3.63, 3.8) is 0 Å². The van der Waals surface area contributed by atoms with Crippen molar-refractivity contribution in [2.45, 2.75) is 57.2 Å². The molecule has 1 aliphatic carbocycles. The molecular weight excluding hydrogens is 376 g/mol. The van der Waals surface area contributed by atoms with Gasteiger partial charge in [-0.25, -0.2) is 0 Å². The molecule has 5 heteroatoms. The molecule has 1 amide bonds. The third-order valence-corrected chi connectivity index (χ3v) is 6.42. The molecule has 2 heterocycles. The van der Waals surface area contributed by atoms with Gasteiger partial charge in [0.25, 0.3) is 0 Å². The van der Waals surface area contributed by atoms with Gasteiger partial charge in [0.2, 0.25) is 5.91 Å². The third-order valence-electron chi connectivity index (χ3n) is 5.68. The van der Waals surface area contributed by atoms with Crippen LogP contribution in [0.3, 0.4) is 0 Å². The minimum Gasteiger partial charge on any atom is -0.337 e. The van der Waals surface area contributed by atoms with Crippen LogP contribution in [-0.2, 0) is 17.8 Å². The first-order valence-corrected chi connectivity index (χ1v) is 9.33. The molecule has 3 aliphatic rings. The number of rotatable bonds is 1. The van der Waals surface area contributed by atoms with E-state index in [1.165, 1.54) is 41.3 Å². The van der Waals surface area contributed by atoms with E-state index < -0.39 is 0 Å². The molecule has 126 valence electrons. The fourth-order valence-electron chi connectivity index (χ4n) is 4.48. The van der Waals surface area contributed by atoms with E-state index in [4.69, 9.17) is 0 Å². The summed E-state index contributed by atoms with van der Waals surface area (Å²) in [5.41, 5.74) is 2.67. The lowest BCUT2D eigenvalue weighted by Gasteiger charge is -2.31. The zero-order valence-electron chi connectivity index (χ0n) is 13.3. The second-order valence-corrected chi connectivity index (χ2v) is 7.85. The van der Waals surface area contributed by atoms with Crippen molar-refractivity contribution in [3.8, 4) is 0 Å². The van der Waals surface area contributed by atoms with Crippen LogP contribution < -0.4 is 5.32 Å². The van der Waals surface area contributed by atoms with Gasteiger partial charge in [0.1, 0.15) is 0 Å². The van der Waals surface area contributed by atoms with Gasteiger partial charge in [0.05, 0.1) is 6.04 Å². The van der Waals surface area contributed by atoms with Crippen LogP contribution in [0.2, 0.25) is 0 Å². The van der Waals surface area contributed by atoms with E-state index in [2.05, 4.69) is 44.3 Å². The number of carbonyl (C=O) groups is 1. The summed E-state index contributed by atoms with van der Waals surface area (Å²) in [4.78, 5) is 14.9. The number of carbonyl (C=O) groups excluding carboxylic acids is 1. The highest BCUT2D eigenvalue weighted by Gasteiger charge is 2.40. The Kier molecular flexibility index (Phi) is 5.34. The molecule has 0 radical (unpaired) electrons. The Bertz CT molecular complexity index is 580. The van der Waals surface area contributed by atoms with Crippen LogP contribution in [0.5, 0.6) is 0 Å². The molecule has 1 saturated heterocycles. The largest absolute Gasteiger partial charge is 0.337 e. The Morgan fingerprint density at radius 2 is 2.09 bits per heavy atom. The summed E-state index contributed by atoms with van der Waals surface area (Å²) in [5, 5.41) is 3.62. The van der Waals surface area contributed by atoms with Crippen molar-refractivity contribution in [2.24, 2.45) is 5.92 Å². The van der Waals surface area contributed by atoms with Gasteiger partial charge in [-0.05, 0) is 48.8 Å². The first-order chi connectivity index (χ1) is 10.7. The van der Waals surface area contributed by atoms with Crippen molar-refractivity contribution < 1.29 is 4.79 Å². The second kappa shape index (κ2) is 7.12. The van der Waals surface area contributed by atoms with E-state index in [9.17, 15) is 4.79 Å². The SMILES string of the molecule is Cl.O=C(C1CC2CCCCC2N1)N1CCc2c(Br)cccc2C1. The van der Waals surface area contributed by atoms with Crippen LogP contribution in [0, 0.1) is 5.92 Å². The van der Waals surface area contributed by atoms with Crippen LogP contribution in [0.15, 0.2) is 22.7 Å². The first kappa shape index (κ1) is 17.2. The lowest BCUT2D eigenvalue weighted by molar-refractivity contribution is -0.134. The molecule has 3 nitrogen and oxygen atoms in total. The van der Waals surface area contributed by atoms with Gasteiger partial charge in [0, 0.05) is 23.6 Å². The molecule has 2 fully saturated rings. The fraction of sp³-hybridized carbons (Fsp3) is 0.611. The standard InChI is InChI=1S/C18H23BrN2O.ClH/c19-15-6-3-5-13-11-21(9-8-14(13)15)18(22)17-10-12-4-1-2-7-16(12)20-17;/h3,5-6,12,16-17,20H,1-2,4,7-11H2;1H. The molecule has 2 aliphatic heterocycles. The maximum atomic E-state index is 12.9. The summed E-state index contributed by atoms with van der Waals surface area (Å²) in [7, 11) is 0. The predicted octanol–water partition coefficient (Wildman–Crippen LogP) is 3.68. The quantitative estimate of drug-likeness (QED) is 0.781. The normalized spacial score (nSPS) is 29.4. The van der Waals surface area contributed by atoms with Crippen LogP contribution in [0.25, 0.3) is 0 Å². The zero-order chi connectivity index (χ0) is 15.1. The first-order valence-electron chi connectivity index (χ1n) is 8.53. The lowest BCUT2D eigenvalue weighted by atomic mass is 9.85. The van der Waals surface area contributed by atoms with Gasteiger partial charge in [-0.15, -0.1) is 12.4 Å². The highest BCUT2D eigenvalue weighted by atomic mass is 79.9. The molecule has 1 aromatic carbocycles. The number of hydrogen-bond acceptors (Lipinski definition) is 2. The summed E-state index contributed by atoms with van der Waals surface area (Å²) in [5.74, 6) is 1.05. The summed E-state index contributed by atoms with van der Waals surface area (Å²) in [6.45, 7) is 1.61. The van der Waals surface area contributed by atoms with Crippen molar-refractivity contribution in [1.29, 1.82) is 0 Å². The molecule has 3 unspecified atom stereocenters. The molecule has 1 saturated carbocycles. The van der Waals surface area contributed by atoms with Crippen LogP contribution in [0.1, 0.15) is 43.2 Å². The Hall–Kier alpha value is -0.580. The topological polar surface area (TPSA) is 32.3 Å². The number of halogens is 2. The summed E-state index contributed by atoms with van der Waals surface area (Å²) in [6, 6.07) is 6.97. The maximum Gasteiger partial charge on any atom is 0.240 e. The summed E-state index contributed by atoms with van der Waals surface area (Å²) in [6.07, 6.45) is 7.23. The van der Waals surface area contributed by atoms with E-state index in [1.807, 2.05) is 0 Å². The Morgan fingerprint density at radius 1 is 1.26 bits per heavy atom. The molecule has 0 bridgehead atoms. The van der Waals surface area contributed by atoms with Gasteiger partial charge in [-0.1, -0.05) is 40.9 Å². The van der Waals surface area contributed by atoms with E-state index in [1.54, 1.807) is 0 Å². The molecule has 3 atom stereocenters. The second-order valence-electron chi connectivity index (χ2n) is 6.99. The van der Waals surface area contributed by atoms with Gasteiger partial charge in [-0.3, -0.25) is 4.79 Å². The van der Waals surface area contributed by atoms with Gasteiger partial charge < -0.3 is 10.2 Å². The molecule has 1 aromatic rings. The molecule has 4 rings (SSSR count). The van der Waals surface area contributed by atoms with Crippen molar-refractivity contribution in [2.75, 3.05) is 6.54 Å².